The maximum atomic E-state index is 3.99. The molecule has 0 amide bonds. The molecule has 0 aromatic rings. The molecular weight excluding hydrogens is 422 g/mol. The summed E-state index contributed by atoms with van der Waals surface area (Å²) in [4.78, 5) is 11.0. The maximum Gasteiger partial charge on any atom is 0.0787 e. The summed E-state index contributed by atoms with van der Waals surface area (Å²) in [5.74, 6) is 3.59. The van der Waals surface area contributed by atoms with Crippen LogP contribution >= 0.6 is 0 Å². The molecule has 1 saturated carbocycles. The van der Waals surface area contributed by atoms with Gasteiger partial charge in [-0.3, -0.25) is 14.7 Å². The van der Waals surface area contributed by atoms with Crippen molar-refractivity contribution in [1.29, 1.82) is 0 Å². The van der Waals surface area contributed by atoms with Crippen molar-refractivity contribution in [1.82, 2.24) is 35.4 Å². The van der Waals surface area contributed by atoms with E-state index in [4.69, 9.17) is 0 Å². The van der Waals surface area contributed by atoms with Gasteiger partial charge in [0.15, 0.2) is 0 Å². The summed E-state index contributed by atoms with van der Waals surface area (Å²) < 4.78 is 0. The molecular formula is C27H51N7. The van der Waals surface area contributed by atoms with Crippen LogP contribution < -0.4 is 10.7 Å². The molecule has 1 aliphatic carbocycles. The van der Waals surface area contributed by atoms with Gasteiger partial charge in [-0.1, -0.05) is 0 Å². The summed E-state index contributed by atoms with van der Waals surface area (Å²) in [7, 11) is 2.13. The summed E-state index contributed by atoms with van der Waals surface area (Å²) in [5, 5.41) is 6.11. The third kappa shape index (κ3) is 4.27. The van der Waals surface area contributed by atoms with Crippen LogP contribution in [0.2, 0.25) is 0 Å². The Morgan fingerprint density at radius 1 is 0.824 bits per heavy atom. The summed E-state index contributed by atoms with van der Waals surface area (Å²) >= 11 is 0. The molecule has 6 aliphatic rings. The van der Waals surface area contributed by atoms with Crippen molar-refractivity contribution in [2.45, 2.75) is 83.3 Å². The van der Waals surface area contributed by atoms with E-state index in [1.165, 1.54) is 71.7 Å². The Morgan fingerprint density at radius 2 is 1.44 bits per heavy atom. The van der Waals surface area contributed by atoms with Gasteiger partial charge in [0.25, 0.3) is 0 Å². The number of hydrogen-bond acceptors (Lipinski definition) is 7. The first-order valence-electron chi connectivity index (χ1n) is 14.4. The number of hydrazine groups is 1. The van der Waals surface area contributed by atoms with Gasteiger partial charge >= 0.3 is 0 Å². The van der Waals surface area contributed by atoms with Crippen molar-refractivity contribution in [3.63, 3.8) is 0 Å². The van der Waals surface area contributed by atoms with Gasteiger partial charge in [0.1, 0.15) is 0 Å². The average molecular weight is 474 g/mol. The van der Waals surface area contributed by atoms with Crippen LogP contribution in [0.5, 0.6) is 0 Å². The number of likely N-dealkylation sites (tertiary alicyclic amines) is 4. The molecule has 6 rings (SSSR count). The van der Waals surface area contributed by atoms with E-state index >= 15 is 0 Å². The van der Waals surface area contributed by atoms with Gasteiger partial charge in [0, 0.05) is 82.6 Å². The highest BCUT2D eigenvalue weighted by molar-refractivity contribution is 5.10. The second-order valence-corrected chi connectivity index (χ2v) is 13.6. The number of piperidine rings is 2. The van der Waals surface area contributed by atoms with Crippen molar-refractivity contribution < 1.29 is 0 Å². The highest BCUT2D eigenvalue weighted by Crippen LogP contribution is 2.46. The quantitative estimate of drug-likeness (QED) is 0.521. The topological polar surface area (TPSA) is 40.3 Å². The Kier molecular flexibility index (Phi) is 6.32. The molecule has 194 valence electrons. The molecule has 0 aromatic carbocycles. The van der Waals surface area contributed by atoms with Crippen molar-refractivity contribution in [3.05, 3.63) is 0 Å². The van der Waals surface area contributed by atoms with Crippen LogP contribution in [-0.4, -0.2) is 126 Å². The van der Waals surface area contributed by atoms with E-state index in [1.807, 2.05) is 0 Å². The van der Waals surface area contributed by atoms with Crippen LogP contribution in [0.25, 0.3) is 0 Å². The normalized spacial score (nSPS) is 42.3. The standard InChI is InChI=1S/C27H51N7/c1-18(2)31-14-22-9-23(15-31)34(22)29-27(4,5)33-12-20-10-30(11-21(20)13-33)8-7-19(3)32-16-24-25(17-32)26(24)28-6/h18-26,28-29H,7-17H2,1-6H3. The van der Waals surface area contributed by atoms with Gasteiger partial charge in [-0.2, -0.15) is 0 Å². The van der Waals surface area contributed by atoms with E-state index in [1.54, 1.807) is 0 Å². The van der Waals surface area contributed by atoms with E-state index in [2.05, 4.69) is 77.0 Å². The summed E-state index contributed by atoms with van der Waals surface area (Å²) in [5.41, 5.74) is 4.05. The van der Waals surface area contributed by atoms with Crippen LogP contribution in [-0.2, 0) is 0 Å². The molecule has 2 bridgehead atoms. The molecule has 7 atom stereocenters. The van der Waals surface area contributed by atoms with Gasteiger partial charge in [0.2, 0.25) is 0 Å². The SMILES string of the molecule is CNC1C2CN(C(C)CCN3CC4CN(C(C)(C)NN5C6CC5CN(C(C)C)C6)CC4C3)CC21. The molecule has 7 heteroatoms. The molecule has 0 aromatic heterocycles. The molecule has 5 saturated heterocycles. The molecule has 6 fully saturated rings. The first-order chi connectivity index (χ1) is 16.2. The smallest absolute Gasteiger partial charge is 0.0787 e. The van der Waals surface area contributed by atoms with E-state index < -0.39 is 0 Å². The van der Waals surface area contributed by atoms with E-state index in [0.29, 0.717) is 18.1 Å². The molecule has 0 radical (unpaired) electrons. The van der Waals surface area contributed by atoms with Crippen LogP contribution in [0.1, 0.15) is 47.5 Å². The number of nitrogens with zero attached hydrogens (tertiary/aromatic N) is 5. The number of piperazine rings is 1. The number of nitrogens with one attached hydrogen (secondary N) is 2. The highest BCUT2D eigenvalue weighted by Gasteiger charge is 2.55. The largest absolute Gasteiger partial charge is 0.316 e. The minimum absolute atomic E-state index is 0.0579. The first-order valence-corrected chi connectivity index (χ1v) is 14.4. The molecule has 34 heavy (non-hydrogen) atoms. The summed E-state index contributed by atoms with van der Waals surface area (Å²) in [6, 6.07) is 3.64. The Labute approximate surface area is 208 Å². The van der Waals surface area contributed by atoms with Gasteiger partial charge in [-0.05, 0) is 84.7 Å². The second kappa shape index (κ2) is 8.93. The van der Waals surface area contributed by atoms with Crippen molar-refractivity contribution in [3.8, 4) is 0 Å². The summed E-state index contributed by atoms with van der Waals surface area (Å²) in [6.45, 7) is 23.5. The third-order valence-corrected chi connectivity index (χ3v) is 10.7. The monoisotopic (exact) mass is 473 g/mol. The lowest BCUT2D eigenvalue weighted by molar-refractivity contribution is -0.146. The van der Waals surface area contributed by atoms with Crippen molar-refractivity contribution in [2.24, 2.45) is 23.7 Å². The lowest BCUT2D eigenvalue weighted by Gasteiger charge is -2.59. The molecule has 2 N–H and O–H groups in total. The Bertz CT molecular complexity index is 704. The molecule has 5 aliphatic heterocycles. The highest BCUT2D eigenvalue weighted by atomic mass is 15.6. The fraction of sp³-hybridized carbons (Fsp3) is 1.00. The van der Waals surface area contributed by atoms with Crippen molar-refractivity contribution >= 4 is 0 Å². The fourth-order valence-corrected chi connectivity index (χ4v) is 8.26. The zero-order valence-corrected chi connectivity index (χ0v) is 22.7. The number of fused-ring (bicyclic) bond motifs is 4. The maximum absolute atomic E-state index is 3.99. The van der Waals surface area contributed by atoms with Gasteiger partial charge < -0.3 is 10.2 Å². The Morgan fingerprint density at radius 3 is 2.00 bits per heavy atom. The van der Waals surface area contributed by atoms with E-state index in [-0.39, 0.29) is 5.66 Å². The number of rotatable bonds is 9. The van der Waals surface area contributed by atoms with Gasteiger partial charge in [-0.15, -0.1) is 0 Å². The Balaban J connectivity index is 0.933. The summed E-state index contributed by atoms with van der Waals surface area (Å²) in [6.07, 6.45) is 2.71. The zero-order chi connectivity index (χ0) is 23.8. The molecule has 5 heterocycles. The van der Waals surface area contributed by atoms with Crippen LogP contribution in [0.15, 0.2) is 0 Å². The minimum atomic E-state index is 0.0579. The zero-order valence-electron chi connectivity index (χ0n) is 22.7. The first kappa shape index (κ1) is 24.1. The lowest BCUT2D eigenvalue weighted by Crippen LogP contribution is -2.77. The van der Waals surface area contributed by atoms with Gasteiger partial charge in [0.05, 0.1) is 5.66 Å². The molecule has 7 unspecified atom stereocenters. The molecule has 0 spiro atoms. The predicted molar refractivity (Wildman–Crippen MR) is 138 cm³/mol. The predicted octanol–water partition coefficient (Wildman–Crippen LogP) is 1.19. The van der Waals surface area contributed by atoms with Crippen LogP contribution in [0.3, 0.4) is 0 Å². The Hall–Kier alpha value is -0.280. The number of hydrogen-bond donors (Lipinski definition) is 2. The van der Waals surface area contributed by atoms with Crippen molar-refractivity contribution in [2.75, 3.05) is 66.0 Å². The van der Waals surface area contributed by atoms with Crippen LogP contribution in [0.4, 0.5) is 0 Å². The van der Waals surface area contributed by atoms with E-state index in [9.17, 15) is 0 Å². The third-order valence-electron chi connectivity index (χ3n) is 10.7. The second-order valence-electron chi connectivity index (χ2n) is 13.6. The minimum Gasteiger partial charge on any atom is -0.316 e. The lowest BCUT2D eigenvalue weighted by atomic mass is 9.88. The van der Waals surface area contributed by atoms with E-state index in [0.717, 1.165) is 35.8 Å². The average Bonchev–Trinajstić information content (AvgIpc) is 3.18. The van der Waals surface area contributed by atoms with Crippen LogP contribution in [0, 0.1) is 23.7 Å². The van der Waals surface area contributed by atoms with Gasteiger partial charge in [-0.25, -0.2) is 10.4 Å². The fourth-order valence-electron chi connectivity index (χ4n) is 8.26. The molecule has 7 nitrogen and oxygen atoms in total.